The highest BCUT2D eigenvalue weighted by atomic mass is 127. The summed E-state index contributed by atoms with van der Waals surface area (Å²) in [6.07, 6.45) is 4.73. The van der Waals surface area contributed by atoms with Crippen molar-refractivity contribution in [3.8, 4) is 0 Å². The zero-order valence-corrected chi connectivity index (χ0v) is 12.1. The second-order valence-electron chi connectivity index (χ2n) is 5.27. The summed E-state index contributed by atoms with van der Waals surface area (Å²) in [5, 5.41) is 9.53. The SMILES string of the molecule is O=C(O)[C@@]12CCC[C@H]1CN(c1ccc(I)cn1)C2. The molecule has 2 atom stereocenters. The number of hydrogen-bond donors (Lipinski definition) is 1. The zero-order chi connectivity index (χ0) is 12.8. The van der Waals surface area contributed by atoms with Gasteiger partial charge in [-0.3, -0.25) is 4.79 Å². The molecule has 0 amide bonds. The highest BCUT2D eigenvalue weighted by Gasteiger charge is 2.55. The molecule has 1 aliphatic carbocycles. The number of rotatable bonds is 2. The Morgan fingerprint density at radius 1 is 1.56 bits per heavy atom. The fraction of sp³-hybridized carbons (Fsp3) is 0.538. The first-order valence-corrected chi connectivity index (χ1v) is 7.29. The molecule has 4 nitrogen and oxygen atoms in total. The van der Waals surface area contributed by atoms with Gasteiger partial charge in [0.25, 0.3) is 0 Å². The summed E-state index contributed by atoms with van der Waals surface area (Å²) in [7, 11) is 0. The Bertz CT molecular complexity index is 476. The minimum atomic E-state index is -0.627. The molecule has 3 rings (SSSR count). The van der Waals surface area contributed by atoms with Crippen molar-refractivity contribution in [2.75, 3.05) is 18.0 Å². The van der Waals surface area contributed by atoms with Crippen molar-refractivity contribution in [2.45, 2.75) is 19.3 Å². The third-order valence-electron chi connectivity index (χ3n) is 4.33. The van der Waals surface area contributed by atoms with Crippen LogP contribution in [0, 0.1) is 14.9 Å². The van der Waals surface area contributed by atoms with Crippen LogP contribution in [0.4, 0.5) is 5.82 Å². The van der Waals surface area contributed by atoms with E-state index in [1.165, 1.54) is 0 Å². The van der Waals surface area contributed by atoms with Crippen LogP contribution in [-0.4, -0.2) is 29.1 Å². The van der Waals surface area contributed by atoms with E-state index in [1.54, 1.807) is 0 Å². The topological polar surface area (TPSA) is 53.4 Å². The van der Waals surface area contributed by atoms with Crippen LogP contribution in [0.15, 0.2) is 18.3 Å². The fourth-order valence-electron chi connectivity index (χ4n) is 3.37. The molecule has 5 heteroatoms. The molecular weight excluding hydrogens is 343 g/mol. The Morgan fingerprint density at radius 3 is 3.00 bits per heavy atom. The quantitative estimate of drug-likeness (QED) is 0.825. The van der Waals surface area contributed by atoms with Crippen LogP contribution in [0.3, 0.4) is 0 Å². The van der Waals surface area contributed by atoms with Crippen molar-refractivity contribution in [3.05, 3.63) is 21.9 Å². The van der Waals surface area contributed by atoms with E-state index in [-0.39, 0.29) is 5.92 Å². The first kappa shape index (κ1) is 12.2. The second-order valence-corrected chi connectivity index (χ2v) is 6.51. The van der Waals surface area contributed by atoms with Crippen molar-refractivity contribution in [3.63, 3.8) is 0 Å². The number of pyridine rings is 1. The van der Waals surface area contributed by atoms with Crippen LogP contribution < -0.4 is 4.90 Å². The van der Waals surface area contributed by atoms with E-state index in [9.17, 15) is 9.90 Å². The van der Waals surface area contributed by atoms with E-state index in [4.69, 9.17) is 0 Å². The summed E-state index contributed by atoms with van der Waals surface area (Å²) in [5.74, 6) is 0.569. The zero-order valence-electron chi connectivity index (χ0n) is 9.97. The lowest BCUT2D eigenvalue weighted by molar-refractivity contribution is -0.149. The lowest BCUT2D eigenvalue weighted by Crippen LogP contribution is -2.35. The van der Waals surface area contributed by atoms with Gasteiger partial charge >= 0.3 is 5.97 Å². The monoisotopic (exact) mass is 358 g/mol. The number of fused-ring (bicyclic) bond motifs is 1. The van der Waals surface area contributed by atoms with Crippen LogP contribution in [0.25, 0.3) is 0 Å². The molecule has 1 aromatic heterocycles. The molecule has 0 unspecified atom stereocenters. The molecule has 18 heavy (non-hydrogen) atoms. The maximum absolute atomic E-state index is 11.6. The Hall–Kier alpha value is -0.850. The Labute approximate surface area is 120 Å². The van der Waals surface area contributed by atoms with Crippen LogP contribution in [0.2, 0.25) is 0 Å². The van der Waals surface area contributed by atoms with E-state index in [1.807, 2.05) is 18.3 Å². The first-order valence-electron chi connectivity index (χ1n) is 6.22. The minimum Gasteiger partial charge on any atom is -0.481 e. The standard InChI is InChI=1S/C13H15IN2O2/c14-10-3-4-11(15-6-10)16-7-9-2-1-5-13(9,8-16)12(17)18/h3-4,6,9H,1-2,5,7-8H2,(H,17,18)/t9-,13+/m0/s1. The number of carbonyl (C=O) groups is 1. The van der Waals surface area contributed by atoms with E-state index in [0.717, 1.165) is 35.2 Å². The molecule has 1 saturated heterocycles. The Kier molecular flexibility index (Phi) is 2.96. The molecule has 2 heterocycles. The first-order chi connectivity index (χ1) is 8.62. The predicted molar refractivity (Wildman–Crippen MR) is 76.6 cm³/mol. The second kappa shape index (κ2) is 4.36. The van der Waals surface area contributed by atoms with Crippen molar-refractivity contribution < 1.29 is 9.90 Å². The highest BCUT2D eigenvalue weighted by Crippen LogP contribution is 2.49. The normalized spacial score (nSPS) is 30.5. The fourth-order valence-corrected chi connectivity index (χ4v) is 3.69. The summed E-state index contributed by atoms with van der Waals surface area (Å²) in [4.78, 5) is 18.1. The third kappa shape index (κ3) is 1.79. The number of nitrogens with zero attached hydrogens (tertiary/aromatic N) is 2. The van der Waals surface area contributed by atoms with Crippen molar-refractivity contribution in [1.82, 2.24) is 4.98 Å². The van der Waals surface area contributed by atoms with Crippen LogP contribution in [0.1, 0.15) is 19.3 Å². The molecule has 0 radical (unpaired) electrons. The molecule has 0 bridgehead atoms. The molecule has 2 aliphatic rings. The number of aromatic nitrogens is 1. The lowest BCUT2D eigenvalue weighted by Gasteiger charge is -2.23. The molecule has 1 aliphatic heterocycles. The van der Waals surface area contributed by atoms with Gasteiger partial charge in [0.05, 0.1) is 5.41 Å². The summed E-state index contributed by atoms with van der Waals surface area (Å²) in [6, 6.07) is 4.00. The minimum absolute atomic E-state index is 0.288. The Balaban J connectivity index is 1.86. The Morgan fingerprint density at radius 2 is 2.39 bits per heavy atom. The largest absolute Gasteiger partial charge is 0.481 e. The van der Waals surface area contributed by atoms with Gasteiger partial charge in [0, 0.05) is 22.9 Å². The van der Waals surface area contributed by atoms with Gasteiger partial charge in [-0.05, 0) is 53.5 Å². The molecule has 1 N–H and O–H groups in total. The van der Waals surface area contributed by atoms with Gasteiger partial charge < -0.3 is 10.0 Å². The van der Waals surface area contributed by atoms with Crippen LogP contribution >= 0.6 is 22.6 Å². The lowest BCUT2D eigenvalue weighted by atomic mass is 9.81. The summed E-state index contributed by atoms with van der Waals surface area (Å²) >= 11 is 2.22. The van der Waals surface area contributed by atoms with Crippen LogP contribution in [-0.2, 0) is 4.79 Å². The van der Waals surface area contributed by atoms with E-state index >= 15 is 0 Å². The maximum Gasteiger partial charge on any atom is 0.311 e. The molecular formula is C13H15IN2O2. The smallest absolute Gasteiger partial charge is 0.311 e. The van der Waals surface area contributed by atoms with Gasteiger partial charge in [-0.25, -0.2) is 4.98 Å². The third-order valence-corrected chi connectivity index (χ3v) is 4.97. The van der Waals surface area contributed by atoms with Gasteiger partial charge in [0.2, 0.25) is 0 Å². The van der Waals surface area contributed by atoms with Gasteiger partial charge in [-0.1, -0.05) is 6.42 Å². The average Bonchev–Trinajstić information content (AvgIpc) is 2.87. The number of anilines is 1. The van der Waals surface area contributed by atoms with Crippen molar-refractivity contribution in [1.29, 1.82) is 0 Å². The molecule has 1 saturated carbocycles. The number of carboxylic acid groups (broad SMARTS) is 1. The molecule has 2 fully saturated rings. The van der Waals surface area contributed by atoms with E-state index in [0.29, 0.717) is 6.54 Å². The molecule has 0 aromatic carbocycles. The van der Waals surface area contributed by atoms with Gasteiger partial charge in [-0.15, -0.1) is 0 Å². The number of aliphatic carboxylic acids is 1. The van der Waals surface area contributed by atoms with Crippen molar-refractivity contribution >= 4 is 34.4 Å². The maximum atomic E-state index is 11.6. The summed E-state index contributed by atoms with van der Waals surface area (Å²) in [5.41, 5.74) is -0.523. The number of carboxylic acids is 1. The molecule has 96 valence electrons. The van der Waals surface area contributed by atoms with Gasteiger partial charge in [-0.2, -0.15) is 0 Å². The van der Waals surface area contributed by atoms with Gasteiger partial charge in [0.1, 0.15) is 5.82 Å². The predicted octanol–water partition coefficient (Wildman–Crippen LogP) is 2.38. The summed E-state index contributed by atoms with van der Waals surface area (Å²) in [6.45, 7) is 1.44. The molecule has 0 spiro atoms. The number of halogens is 1. The van der Waals surface area contributed by atoms with E-state index < -0.39 is 11.4 Å². The highest BCUT2D eigenvalue weighted by molar-refractivity contribution is 14.1. The molecule has 1 aromatic rings. The number of hydrogen-bond acceptors (Lipinski definition) is 3. The van der Waals surface area contributed by atoms with Crippen LogP contribution in [0.5, 0.6) is 0 Å². The average molecular weight is 358 g/mol. The van der Waals surface area contributed by atoms with Gasteiger partial charge in [0.15, 0.2) is 0 Å². The van der Waals surface area contributed by atoms with Crippen molar-refractivity contribution in [2.24, 2.45) is 11.3 Å². The van der Waals surface area contributed by atoms with E-state index in [2.05, 4.69) is 32.5 Å². The summed E-state index contributed by atoms with van der Waals surface area (Å²) < 4.78 is 1.10.